The SMILES string of the molecule is NCC1CCCCCC1S(=O)(=O)c1ccc(Br)cc1. The summed E-state index contributed by atoms with van der Waals surface area (Å²) < 4.78 is 26.4. The number of benzene rings is 1. The molecule has 0 spiro atoms. The quantitative estimate of drug-likeness (QED) is 0.856. The lowest BCUT2D eigenvalue weighted by Gasteiger charge is -2.23. The molecule has 0 aromatic heterocycles. The van der Waals surface area contributed by atoms with Gasteiger partial charge in [-0.25, -0.2) is 8.42 Å². The molecule has 1 aliphatic rings. The van der Waals surface area contributed by atoms with Gasteiger partial charge in [0.15, 0.2) is 9.84 Å². The monoisotopic (exact) mass is 345 g/mol. The molecule has 0 radical (unpaired) electrons. The lowest BCUT2D eigenvalue weighted by atomic mass is 10.0. The molecule has 0 aliphatic heterocycles. The molecule has 2 rings (SSSR count). The Kier molecular flexibility index (Phi) is 5.03. The maximum absolute atomic E-state index is 12.7. The lowest BCUT2D eigenvalue weighted by molar-refractivity contribution is 0.456. The molecule has 0 heterocycles. The highest BCUT2D eigenvalue weighted by atomic mass is 79.9. The van der Waals surface area contributed by atoms with Gasteiger partial charge in [-0.3, -0.25) is 0 Å². The molecule has 1 aliphatic carbocycles. The summed E-state index contributed by atoms with van der Waals surface area (Å²) in [6, 6.07) is 6.91. The van der Waals surface area contributed by atoms with Gasteiger partial charge in [-0.15, -0.1) is 0 Å². The molecule has 0 saturated heterocycles. The van der Waals surface area contributed by atoms with Crippen molar-refractivity contribution in [2.75, 3.05) is 6.54 Å². The number of sulfone groups is 1. The van der Waals surface area contributed by atoms with Crippen LogP contribution in [-0.4, -0.2) is 20.2 Å². The second kappa shape index (κ2) is 6.37. The first kappa shape index (κ1) is 15.0. The lowest BCUT2D eigenvalue weighted by Crippen LogP contribution is -2.34. The summed E-state index contributed by atoms with van der Waals surface area (Å²) in [6.07, 6.45) is 4.85. The van der Waals surface area contributed by atoms with E-state index in [1.54, 1.807) is 24.3 Å². The zero-order valence-corrected chi connectivity index (χ0v) is 13.3. The zero-order chi connectivity index (χ0) is 13.9. The van der Waals surface area contributed by atoms with E-state index < -0.39 is 9.84 Å². The van der Waals surface area contributed by atoms with Crippen molar-refractivity contribution in [3.05, 3.63) is 28.7 Å². The number of nitrogens with two attached hydrogens (primary N) is 1. The van der Waals surface area contributed by atoms with Crippen molar-refractivity contribution in [1.29, 1.82) is 0 Å². The maximum atomic E-state index is 12.7. The van der Waals surface area contributed by atoms with Crippen molar-refractivity contribution in [1.82, 2.24) is 0 Å². The van der Waals surface area contributed by atoms with E-state index in [2.05, 4.69) is 15.9 Å². The van der Waals surface area contributed by atoms with Crippen molar-refractivity contribution < 1.29 is 8.42 Å². The van der Waals surface area contributed by atoms with Crippen LogP contribution in [0.2, 0.25) is 0 Å². The number of hydrogen-bond donors (Lipinski definition) is 1. The smallest absolute Gasteiger partial charge is 0.181 e. The Hall–Kier alpha value is -0.390. The Morgan fingerprint density at radius 2 is 1.74 bits per heavy atom. The Labute approximate surface area is 123 Å². The Balaban J connectivity index is 2.33. The zero-order valence-electron chi connectivity index (χ0n) is 10.9. The maximum Gasteiger partial charge on any atom is 0.181 e. The third kappa shape index (κ3) is 3.38. The van der Waals surface area contributed by atoms with E-state index in [1.807, 2.05) is 0 Å². The first-order valence-electron chi connectivity index (χ1n) is 6.75. The van der Waals surface area contributed by atoms with Crippen molar-refractivity contribution in [3.63, 3.8) is 0 Å². The van der Waals surface area contributed by atoms with E-state index in [0.717, 1.165) is 36.6 Å². The van der Waals surface area contributed by atoms with E-state index >= 15 is 0 Å². The van der Waals surface area contributed by atoms with E-state index in [1.165, 1.54) is 0 Å². The molecule has 0 bridgehead atoms. The van der Waals surface area contributed by atoms with Gasteiger partial charge in [-0.2, -0.15) is 0 Å². The van der Waals surface area contributed by atoms with Crippen LogP contribution in [0.1, 0.15) is 32.1 Å². The summed E-state index contributed by atoms with van der Waals surface area (Å²) in [7, 11) is -3.26. The largest absolute Gasteiger partial charge is 0.330 e. The minimum absolute atomic E-state index is 0.0937. The van der Waals surface area contributed by atoms with Crippen molar-refractivity contribution in [3.8, 4) is 0 Å². The molecule has 1 saturated carbocycles. The van der Waals surface area contributed by atoms with Crippen LogP contribution in [0.5, 0.6) is 0 Å². The molecule has 1 aromatic rings. The van der Waals surface area contributed by atoms with Crippen LogP contribution in [0, 0.1) is 5.92 Å². The van der Waals surface area contributed by atoms with Crippen LogP contribution in [-0.2, 0) is 9.84 Å². The van der Waals surface area contributed by atoms with Gasteiger partial charge in [0, 0.05) is 4.47 Å². The molecule has 3 nitrogen and oxygen atoms in total. The van der Waals surface area contributed by atoms with E-state index in [9.17, 15) is 8.42 Å². The summed E-state index contributed by atoms with van der Waals surface area (Å²) in [5.74, 6) is 0.0937. The fourth-order valence-corrected chi connectivity index (χ4v) is 5.19. The second-order valence-corrected chi connectivity index (χ2v) is 8.25. The van der Waals surface area contributed by atoms with Crippen LogP contribution >= 0.6 is 15.9 Å². The van der Waals surface area contributed by atoms with Gasteiger partial charge in [-0.05, 0) is 49.6 Å². The van der Waals surface area contributed by atoms with Crippen LogP contribution in [0.4, 0.5) is 0 Å². The molecule has 1 aromatic carbocycles. The minimum atomic E-state index is -3.26. The third-order valence-electron chi connectivity index (χ3n) is 3.93. The first-order chi connectivity index (χ1) is 9.05. The Morgan fingerprint density at radius 1 is 1.11 bits per heavy atom. The van der Waals surface area contributed by atoms with Crippen molar-refractivity contribution in [2.45, 2.75) is 42.2 Å². The average molecular weight is 346 g/mol. The van der Waals surface area contributed by atoms with Gasteiger partial charge in [0.1, 0.15) is 0 Å². The summed E-state index contributed by atoms with van der Waals surface area (Å²) in [4.78, 5) is 0.418. The predicted molar refractivity (Wildman–Crippen MR) is 80.7 cm³/mol. The van der Waals surface area contributed by atoms with Gasteiger partial charge in [0.05, 0.1) is 10.1 Å². The van der Waals surface area contributed by atoms with Crippen molar-refractivity contribution >= 4 is 25.8 Å². The molecule has 19 heavy (non-hydrogen) atoms. The number of hydrogen-bond acceptors (Lipinski definition) is 3. The molecule has 2 N–H and O–H groups in total. The van der Waals surface area contributed by atoms with Gasteiger partial charge >= 0.3 is 0 Å². The molecule has 2 unspecified atom stereocenters. The topological polar surface area (TPSA) is 60.2 Å². The summed E-state index contributed by atoms with van der Waals surface area (Å²) in [5, 5.41) is -0.318. The molecule has 0 amide bonds. The summed E-state index contributed by atoms with van der Waals surface area (Å²) in [5.41, 5.74) is 5.79. The summed E-state index contributed by atoms with van der Waals surface area (Å²) >= 11 is 3.33. The molecule has 2 atom stereocenters. The highest BCUT2D eigenvalue weighted by Crippen LogP contribution is 2.32. The molecule has 1 fully saturated rings. The molecule has 106 valence electrons. The van der Waals surface area contributed by atoms with Crippen LogP contribution in [0.25, 0.3) is 0 Å². The van der Waals surface area contributed by atoms with Gasteiger partial charge in [0.2, 0.25) is 0 Å². The van der Waals surface area contributed by atoms with E-state index in [4.69, 9.17) is 5.73 Å². The Morgan fingerprint density at radius 3 is 2.37 bits per heavy atom. The molecular formula is C14H20BrNO2S. The predicted octanol–water partition coefficient (Wildman–Crippen LogP) is 3.13. The first-order valence-corrected chi connectivity index (χ1v) is 9.09. The van der Waals surface area contributed by atoms with Gasteiger partial charge < -0.3 is 5.73 Å². The van der Waals surface area contributed by atoms with Crippen LogP contribution < -0.4 is 5.73 Å². The van der Waals surface area contributed by atoms with E-state index in [0.29, 0.717) is 11.4 Å². The highest BCUT2D eigenvalue weighted by molar-refractivity contribution is 9.10. The van der Waals surface area contributed by atoms with Crippen molar-refractivity contribution in [2.24, 2.45) is 11.7 Å². The number of halogens is 1. The van der Waals surface area contributed by atoms with Gasteiger partial charge in [-0.1, -0.05) is 35.2 Å². The minimum Gasteiger partial charge on any atom is -0.330 e. The standard InChI is InChI=1S/C14H20BrNO2S/c15-12-6-8-13(9-7-12)19(17,18)14-5-3-1-2-4-11(14)10-16/h6-9,11,14H,1-5,10,16H2. The van der Waals surface area contributed by atoms with E-state index in [-0.39, 0.29) is 11.2 Å². The Bertz CT molecular complexity index is 513. The van der Waals surface area contributed by atoms with Crippen LogP contribution in [0.3, 0.4) is 0 Å². The fourth-order valence-electron chi connectivity index (χ4n) is 2.83. The van der Waals surface area contributed by atoms with Crippen LogP contribution in [0.15, 0.2) is 33.6 Å². The van der Waals surface area contributed by atoms with Gasteiger partial charge in [0.25, 0.3) is 0 Å². The average Bonchev–Trinajstić information content (AvgIpc) is 2.64. The molecular weight excluding hydrogens is 326 g/mol. The third-order valence-corrected chi connectivity index (χ3v) is 6.81. The fraction of sp³-hybridized carbons (Fsp3) is 0.571. The summed E-state index contributed by atoms with van der Waals surface area (Å²) in [6.45, 7) is 0.459. The molecule has 5 heteroatoms. The normalized spacial score (nSPS) is 24.9. The highest BCUT2D eigenvalue weighted by Gasteiger charge is 2.34. The number of rotatable bonds is 3. The second-order valence-electron chi connectivity index (χ2n) is 5.17.